The van der Waals surface area contributed by atoms with Gasteiger partial charge in [-0.2, -0.15) is 58.9 Å². The minimum atomic E-state index is -5.41. The molecule has 1 heterocycles. The molecule has 0 aliphatic rings. The van der Waals surface area contributed by atoms with Crippen molar-refractivity contribution < 1.29 is 87.9 Å². The minimum absolute atomic E-state index is 0.00483. The van der Waals surface area contributed by atoms with E-state index in [-0.39, 0.29) is 57.9 Å². The first kappa shape index (κ1) is 60.6. The van der Waals surface area contributed by atoms with Crippen LogP contribution in [0.25, 0.3) is 21.5 Å². The first-order valence-electron chi connectivity index (χ1n) is 21.5. The van der Waals surface area contributed by atoms with Crippen LogP contribution in [0.4, 0.5) is 51.7 Å². The smallest absolute Gasteiger partial charge is 0.398 e. The number of sulfone groups is 1. The van der Waals surface area contributed by atoms with Crippen LogP contribution in [0.5, 0.6) is 11.5 Å². The van der Waals surface area contributed by atoms with Crippen molar-refractivity contribution in [3.8, 4) is 11.5 Å². The summed E-state index contributed by atoms with van der Waals surface area (Å²) < 4.78 is 183. The number of amides is 1. The molecule has 6 aromatic carbocycles. The number of benzene rings is 6. The van der Waals surface area contributed by atoms with E-state index >= 15 is 0 Å². The largest absolute Gasteiger partial charge is 0.505 e. The fraction of sp³-hybridized carbons (Fsp3) is 0.143. The Morgan fingerprint density at radius 3 is 1.94 bits per heavy atom. The van der Waals surface area contributed by atoms with E-state index in [9.17, 15) is 75.0 Å². The number of carbonyl (C=O) groups is 1. The van der Waals surface area contributed by atoms with E-state index in [1.54, 1.807) is 13.8 Å². The zero-order valence-corrected chi connectivity index (χ0v) is 46.5. The number of alkyl halides is 1. The van der Waals surface area contributed by atoms with Crippen molar-refractivity contribution in [3.63, 3.8) is 0 Å². The number of phenols is 2. The number of aromatic nitrogens is 3. The third-order valence-electron chi connectivity index (χ3n) is 10.5. The third-order valence-corrected chi connectivity index (χ3v) is 16.4. The van der Waals surface area contributed by atoms with Crippen LogP contribution in [0.15, 0.2) is 119 Å². The number of halogens is 2. The number of nitrogens with zero attached hydrogens (tertiary/aromatic N) is 7. The van der Waals surface area contributed by atoms with Gasteiger partial charge in [0, 0.05) is 27.7 Å². The van der Waals surface area contributed by atoms with Crippen molar-refractivity contribution in [2.45, 2.75) is 33.4 Å². The summed E-state index contributed by atoms with van der Waals surface area (Å²) in [5, 5.41) is 44.8. The molecule has 424 valence electrons. The summed E-state index contributed by atoms with van der Waals surface area (Å²) in [6.45, 7) is 2.95. The summed E-state index contributed by atoms with van der Waals surface area (Å²) >= 11 is 9.58. The van der Waals surface area contributed by atoms with Crippen LogP contribution < -0.4 is 16.0 Å². The lowest BCUT2D eigenvalue weighted by Crippen LogP contribution is -2.22. The molecule has 0 saturated carbocycles. The number of aryl methyl sites for hydroxylation is 2. The highest BCUT2D eigenvalue weighted by Gasteiger charge is 2.30. The van der Waals surface area contributed by atoms with Crippen molar-refractivity contribution >= 4 is 164 Å². The second-order valence-electron chi connectivity index (χ2n) is 16.2. The molecule has 0 aliphatic heterocycles. The second kappa shape index (κ2) is 23.6. The highest BCUT2D eigenvalue weighted by Crippen LogP contribution is 2.47. The topological polar surface area (TPSA) is 469 Å². The Labute approximate surface area is 464 Å². The number of rotatable bonds is 21. The molecule has 1 atom stereocenters. The van der Waals surface area contributed by atoms with Crippen LogP contribution in [-0.2, 0) is 74.8 Å². The summed E-state index contributed by atoms with van der Waals surface area (Å²) in [6.07, 6.45) is 0. The number of phenolic OH excluding ortho intramolecular Hbond substituents is 2. The predicted octanol–water partition coefficient (Wildman–Crippen LogP) is 7.33. The highest BCUT2D eigenvalue weighted by atomic mass is 35.5. The first-order chi connectivity index (χ1) is 37.2. The molecule has 1 aromatic heterocycles. The van der Waals surface area contributed by atoms with Crippen LogP contribution in [0.2, 0.25) is 5.28 Å². The van der Waals surface area contributed by atoms with Crippen LogP contribution >= 0.6 is 23.2 Å². The van der Waals surface area contributed by atoms with Crippen LogP contribution in [0.3, 0.4) is 0 Å². The molecular weight excluding hydrogens is 1230 g/mol. The maximum absolute atomic E-state index is 12.8. The monoisotopic (exact) mass is 1260 g/mol. The number of fused-ring (bicyclic) bond motifs is 2. The van der Waals surface area contributed by atoms with Crippen molar-refractivity contribution in [2.75, 3.05) is 40.1 Å². The Kier molecular flexibility index (Phi) is 17.9. The van der Waals surface area contributed by atoms with Gasteiger partial charge in [-0.25, -0.2) is 16.8 Å². The van der Waals surface area contributed by atoms with E-state index in [0.717, 1.165) is 42.5 Å². The average molecular weight is 1260 g/mol. The molecule has 0 saturated heterocycles. The molecule has 7 rings (SSSR count). The fourth-order valence-corrected chi connectivity index (χ4v) is 12.0. The molecule has 0 bridgehead atoms. The molecule has 7 aromatic rings. The third kappa shape index (κ3) is 14.7. The summed E-state index contributed by atoms with van der Waals surface area (Å²) in [7, 11) is -25.4. The molecule has 0 radical (unpaired) electrons. The molecule has 1 unspecified atom stereocenters. The number of carbonyl (C=O) groups excluding carboxylic acids is 1. The van der Waals surface area contributed by atoms with E-state index in [1.807, 2.05) is 0 Å². The van der Waals surface area contributed by atoms with Gasteiger partial charge in [-0.3, -0.25) is 27.2 Å². The molecular formula is C42H36Cl2N10O20S6. The molecule has 1 amide bonds. The Hall–Kier alpha value is -7.04. The van der Waals surface area contributed by atoms with Gasteiger partial charge in [-0.1, -0.05) is 12.1 Å². The molecule has 38 heteroatoms. The highest BCUT2D eigenvalue weighted by molar-refractivity contribution is 7.92. The number of aromatic hydroxyl groups is 2. The van der Waals surface area contributed by atoms with E-state index in [1.165, 1.54) is 30.3 Å². The lowest BCUT2D eigenvalue weighted by Gasteiger charge is -2.15. The number of nitrogens with one attached hydrogen (secondary N) is 3. The predicted molar refractivity (Wildman–Crippen MR) is 286 cm³/mol. The zero-order chi connectivity index (χ0) is 58.9. The maximum atomic E-state index is 12.8. The van der Waals surface area contributed by atoms with E-state index in [4.69, 9.17) is 31.9 Å². The summed E-state index contributed by atoms with van der Waals surface area (Å²) in [5.41, 5.74) is -1.49. The normalized spacial score (nSPS) is 13.1. The number of hydrogen-bond donors (Lipinski definition) is 9. The van der Waals surface area contributed by atoms with Gasteiger partial charge in [0.15, 0.2) is 28.5 Å². The number of anilines is 5. The van der Waals surface area contributed by atoms with Gasteiger partial charge in [0.2, 0.25) is 32.9 Å². The Morgan fingerprint density at radius 2 is 1.31 bits per heavy atom. The molecule has 0 spiro atoms. The molecule has 80 heavy (non-hydrogen) atoms. The van der Waals surface area contributed by atoms with Crippen LogP contribution in [-0.4, -0.2) is 120 Å². The Balaban J connectivity index is 1.20. The molecule has 30 nitrogen and oxygen atoms in total. The van der Waals surface area contributed by atoms with E-state index < -0.39 is 143 Å². The fourth-order valence-electron chi connectivity index (χ4n) is 7.18. The van der Waals surface area contributed by atoms with Gasteiger partial charge in [0.1, 0.15) is 31.8 Å². The van der Waals surface area contributed by atoms with Gasteiger partial charge in [0.25, 0.3) is 30.4 Å². The molecule has 0 fully saturated rings. The molecule has 0 aliphatic carbocycles. The summed E-state index contributed by atoms with van der Waals surface area (Å²) in [5.74, 6) is -5.85. The van der Waals surface area contributed by atoms with Gasteiger partial charge < -0.3 is 26.2 Å². The van der Waals surface area contributed by atoms with Crippen LogP contribution in [0.1, 0.15) is 11.1 Å². The second-order valence-corrected chi connectivity index (χ2v) is 25.2. The van der Waals surface area contributed by atoms with Gasteiger partial charge >= 0.3 is 10.4 Å². The number of azo groups is 2. The van der Waals surface area contributed by atoms with Crippen molar-refractivity contribution in [1.29, 1.82) is 0 Å². The van der Waals surface area contributed by atoms with Gasteiger partial charge in [-0.05, 0) is 109 Å². The van der Waals surface area contributed by atoms with E-state index in [2.05, 4.69) is 55.5 Å². The first-order valence-corrected chi connectivity index (χ1v) is 31.0. The summed E-state index contributed by atoms with van der Waals surface area (Å²) in [6, 6.07) is 14.8. The van der Waals surface area contributed by atoms with Crippen molar-refractivity contribution in [3.05, 3.63) is 95.3 Å². The average Bonchev–Trinajstić information content (AvgIpc) is 3.55. The SMILES string of the molecule is Cc1cc(Nc2nc(Cl)nc(Nc3ccc(C)c(N=Nc4c(S(=O)(=O)O)cc5c(S(=O)(=O)O)c(NC(=O)CS(=O)OCCCl)ccc5c4O)c3)n2)c2c(O)c(N=Nc3ccc(S(=O)(=O)COS(=O)(=O)O)cc3)c(S(=O)(=O)O)cc2c1. The van der Waals surface area contributed by atoms with Crippen molar-refractivity contribution in [1.82, 2.24) is 15.0 Å². The Bertz CT molecular complexity index is 4370. The minimum Gasteiger partial charge on any atom is -0.505 e. The van der Waals surface area contributed by atoms with Gasteiger partial charge in [-0.15, -0.1) is 21.8 Å². The molecule has 9 N–H and O–H groups in total. The maximum Gasteiger partial charge on any atom is 0.398 e. The number of hydrogen-bond acceptors (Lipinski definition) is 25. The van der Waals surface area contributed by atoms with Gasteiger partial charge in [0.05, 0.1) is 34.3 Å². The van der Waals surface area contributed by atoms with Crippen LogP contribution in [0, 0.1) is 13.8 Å². The van der Waals surface area contributed by atoms with E-state index in [0.29, 0.717) is 17.2 Å². The lowest BCUT2D eigenvalue weighted by atomic mass is 10.0. The lowest BCUT2D eigenvalue weighted by molar-refractivity contribution is -0.113. The van der Waals surface area contributed by atoms with Crippen molar-refractivity contribution in [2.24, 2.45) is 20.5 Å². The quantitative estimate of drug-likeness (QED) is 0.0193. The zero-order valence-electron chi connectivity index (χ0n) is 40.1. The Morgan fingerprint density at radius 1 is 0.688 bits per heavy atom. The summed E-state index contributed by atoms with van der Waals surface area (Å²) in [4.78, 5) is 21.4. The standard InChI is InChI=1S/C42H36Cl2N10O20S6/c1-20-13-22-15-31(77(61,62)63)36(53-51-23-5-7-25(8-6-23)76(59,60)19-74-80(70,71)72)38(57)34(22)30(14-20)47-42-49-40(44)48-41(50-42)45-24-4-3-21(2)29(16-24)52-54-35-32(78(64,65)66)17-27-26(37(35)56)9-10-28(39(27)79(67,68)69)46-33(55)18-75(58)73-12-11-43/h3-10,13-17,56-57H,11-12,18-19H2,1-2H3,(H,46,55)(H,61,62,63)(H,64,65,66)(H,67,68,69)(H,70,71,72)(H2,45,47,48,49,50).